The van der Waals surface area contributed by atoms with E-state index in [2.05, 4.69) is 53.6 Å². The van der Waals surface area contributed by atoms with Gasteiger partial charge in [-0.15, -0.1) is 0 Å². The molecular weight excluding hydrogens is 288 g/mol. The highest BCUT2D eigenvalue weighted by atomic mass is 16.4. The van der Waals surface area contributed by atoms with Gasteiger partial charge in [-0.3, -0.25) is 9.58 Å². The first-order valence-corrected chi connectivity index (χ1v) is 8.60. The molecule has 0 saturated carbocycles. The first-order chi connectivity index (χ1) is 10.9. The van der Waals surface area contributed by atoms with Gasteiger partial charge >= 0.3 is 0 Å². The number of piperidine rings is 1. The van der Waals surface area contributed by atoms with Gasteiger partial charge in [-0.25, -0.2) is 4.98 Å². The van der Waals surface area contributed by atoms with Gasteiger partial charge in [0.25, 0.3) is 0 Å². The van der Waals surface area contributed by atoms with Gasteiger partial charge < -0.3 is 4.42 Å². The van der Waals surface area contributed by atoms with Gasteiger partial charge in [-0.1, -0.05) is 27.2 Å². The molecule has 1 aliphatic heterocycles. The van der Waals surface area contributed by atoms with E-state index < -0.39 is 0 Å². The van der Waals surface area contributed by atoms with Crippen LogP contribution in [-0.2, 0) is 18.5 Å². The average Bonchev–Trinajstić information content (AvgIpc) is 3.10. The van der Waals surface area contributed by atoms with Crippen LogP contribution in [0.15, 0.2) is 23.0 Å². The molecule has 0 N–H and O–H groups in total. The van der Waals surface area contributed by atoms with E-state index in [1.54, 1.807) is 0 Å². The zero-order valence-corrected chi connectivity index (χ0v) is 14.7. The standard InChI is InChI=1S/C18H28N4O/c1-14-9-20-22(11-14)12-15-7-5-6-8-21(15)13-17-19-10-16(23-17)18(2,3)4/h9-11,15H,5-8,12-13H2,1-4H3. The molecule has 1 unspecified atom stereocenters. The zero-order valence-electron chi connectivity index (χ0n) is 14.7. The largest absolute Gasteiger partial charge is 0.444 e. The predicted octanol–water partition coefficient (Wildman–Crippen LogP) is 3.53. The molecule has 0 aromatic carbocycles. The van der Waals surface area contributed by atoms with Gasteiger partial charge in [0.05, 0.1) is 25.5 Å². The van der Waals surface area contributed by atoms with Crippen molar-refractivity contribution in [3.8, 4) is 0 Å². The van der Waals surface area contributed by atoms with Crippen LogP contribution in [0.2, 0.25) is 0 Å². The fraction of sp³-hybridized carbons (Fsp3) is 0.667. The maximum Gasteiger partial charge on any atom is 0.208 e. The lowest BCUT2D eigenvalue weighted by Crippen LogP contribution is -2.41. The van der Waals surface area contributed by atoms with Gasteiger partial charge in [0.15, 0.2) is 0 Å². The molecule has 1 fully saturated rings. The Kier molecular flexibility index (Phi) is 4.57. The molecule has 126 valence electrons. The minimum atomic E-state index is 0.0130. The molecule has 0 bridgehead atoms. The molecule has 0 spiro atoms. The number of aromatic nitrogens is 3. The van der Waals surface area contributed by atoms with Crippen molar-refractivity contribution in [2.24, 2.45) is 0 Å². The zero-order chi connectivity index (χ0) is 16.4. The summed E-state index contributed by atoms with van der Waals surface area (Å²) in [7, 11) is 0. The Bertz CT molecular complexity index is 637. The number of aryl methyl sites for hydroxylation is 1. The molecule has 1 saturated heterocycles. The van der Waals surface area contributed by atoms with Crippen LogP contribution in [0.1, 0.15) is 57.2 Å². The van der Waals surface area contributed by atoms with Gasteiger partial charge in [0.2, 0.25) is 5.89 Å². The van der Waals surface area contributed by atoms with Crippen LogP contribution in [0.3, 0.4) is 0 Å². The van der Waals surface area contributed by atoms with Crippen LogP contribution >= 0.6 is 0 Å². The fourth-order valence-electron chi connectivity index (χ4n) is 3.16. The number of rotatable bonds is 4. The van der Waals surface area contributed by atoms with E-state index in [9.17, 15) is 0 Å². The molecular formula is C18H28N4O. The van der Waals surface area contributed by atoms with E-state index in [1.807, 2.05) is 12.4 Å². The third-order valence-corrected chi connectivity index (χ3v) is 4.54. The number of hydrogen-bond donors (Lipinski definition) is 0. The molecule has 5 heteroatoms. The molecule has 1 atom stereocenters. The minimum Gasteiger partial charge on any atom is -0.444 e. The Labute approximate surface area is 138 Å². The van der Waals surface area contributed by atoms with E-state index in [-0.39, 0.29) is 5.41 Å². The lowest BCUT2D eigenvalue weighted by Gasteiger charge is -2.34. The summed E-state index contributed by atoms with van der Waals surface area (Å²) < 4.78 is 8.04. The Balaban J connectivity index is 1.67. The van der Waals surface area contributed by atoms with Gasteiger partial charge in [0, 0.05) is 17.7 Å². The van der Waals surface area contributed by atoms with Crippen molar-refractivity contribution in [1.29, 1.82) is 0 Å². The average molecular weight is 316 g/mol. The third-order valence-electron chi connectivity index (χ3n) is 4.54. The van der Waals surface area contributed by atoms with Crippen molar-refractivity contribution < 1.29 is 4.42 Å². The summed E-state index contributed by atoms with van der Waals surface area (Å²) in [6.45, 7) is 11.4. The quantitative estimate of drug-likeness (QED) is 0.865. The minimum absolute atomic E-state index is 0.0130. The van der Waals surface area contributed by atoms with Gasteiger partial charge in [0.1, 0.15) is 5.76 Å². The van der Waals surface area contributed by atoms with Crippen molar-refractivity contribution in [1.82, 2.24) is 19.7 Å². The van der Waals surface area contributed by atoms with E-state index in [0.717, 1.165) is 31.3 Å². The normalized spacial score (nSPS) is 20.1. The monoisotopic (exact) mass is 316 g/mol. The van der Waals surface area contributed by atoms with E-state index in [0.29, 0.717) is 6.04 Å². The lowest BCUT2D eigenvalue weighted by molar-refractivity contribution is 0.110. The molecule has 0 aliphatic carbocycles. The number of nitrogens with zero attached hydrogens (tertiary/aromatic N) is 4. The van der Waals surface area contributed by atoms with E-state index >= 15 is 0 Å². The lowest BCUT2D eigenvalue weighted by atomic mass is 9.94. The van der Waals surface area contributed by atoms with Gasteiger partial charge in [-0.2, -0.15) is 5.10 Å². The van der Waals surface area contributed by atoms with Crippen LogP contribution in [-0.4, -0.2) is 32.3 Å². The topological polar surface area (TPSA) is 47.1 Å². The van der Waals surface area contributed by atoms with Crippen molar-refractivity contribution in [2.75, 3.05) is 6.54 Å². The predicted molar refractivity (Wildman–Crippen MR) is 90.2 cm³/mol. The Morgan fingerprint density at radius 3 is 2.74 bits per heavy atom. The highest BCUT2D eigenvalue weighted by Gasteiger charge is 2.26. The summed E-state index contributed by atoms with van der Waals surface area (Å²) in [5.74, 6) is 1.79. The summed E-state index contributed by atoms with van der Waals surface area (Å²) in [4.78, 5) is 6.99. The molecule has 0 radical (unpaired) electrons. The molecule has 3 heterocycles. The van der Waals surface area contributed by atoms with Crippen LogP contribution < -0.4 is 0 Å². The van der Waals surface area contributed by atoms with E-state index in [4.69, 9.17) is 4.42 Å². The first kappa shape index (κ1) is 16.2. The van der Waals surface area contributed by atoms with Crippen LogP contribution in [0.4, 0.5) is 0 Å². The maximum atomic E-state index is 5.98. The summed E-state index contributed by atoms with van der Waals surface area (Å²) in [6.07, 6.45) is 9.69. The van der Waals surface area contributed by atoms with Crippen LogP contribution in [0.5, 0.6) is 0 Å². The summed E-state index contributed by atoms with van der Waals surface area (Å²) in [6, 6.07) is 0.507. The van der Waals surface area contributed by atoms with Crippen molar-refractivity contribution >= 4 is 0 Å². The maximum absolute atomic E-state index is 5.98. The Hall–Kier alpha value is -1.62. The van der Waals surface area contributed by atoms with Crippen LogP contribution in [0, 0.1) is 6.92 Å². The van der Waals surface area contributed by atoms with Gasteiger partial charge in [-0.05, 0) is 31.9 Å². The summed E-state index contributed by atoms with van der Waals surface area (Å²) >= 11 is 0. The Morgan fingerprint density at radius 1 is 1.26 bits per heavy atom. The molecule has 23 heavy (non-hydrogen) atoms. The second-order valence-electron chi connectivity index (χ2n) is 7.73. The summed E-state index contributed by atoms with van der Waals surface area (Å²) in [5, 5.41) is 4.44. The molecule has 0 amide bonds. The summed E-state index contributed by atoms with van der Waals surface area (Å²) in [5.41, 5.74) is 1.23. The number of hydrogen-bond acceptors (Lipinski definition) is 4. The SMILES string of the molecule is Cc1cnn(CC2CCCCN2Cc2ncc(C(C)(C)C)o2)c1. The third kappa shape index (κ3) is 4.02. The Morgan fingerprint density at radius 2 is 2.09 bits per heavy atom. The second-order valence-corrected chi connectivity index (χ2v) is 7.73. The number of oxazole rings is 1. The first-order valence-electron chi connectivity index (χ1n) is 8.60. The van der Waals surface area contributed by atoms with Crippen molar-refractivity contribution in [2.45, 2.75) is 71.5 Å². The number of likely N-dealkylation sites (tertiary alicyclic amines) is 1. The second kappa shape index (κ2) is 6.48. The van der Waals surface area contributed by atoms with Crippen LogP contribution in [0.25, 0.3) is 0 Å². The van der Waals surface area contributed by atoms with Crippen molar-refractivity contribution in [3.05, 3.63) is 35.8 Å². The highest BCUT2D eigenvalue weighted by molar-refractivity contribution is 5.06. The smallest absolute Gasteiger partial charge is 0.208 e. The van der Waals surface area contributed by atoms with E-state index in [1.165, 1.54) is 24.8 Å². The highest BCUT2D eigenvalue weighted by Crippen LogP contribution is 2.25. The molecule has 1 aliphatic rings. The van der Waals surface area contributed by atoms with Crippen molar-refractivity contribution in [3.63, 3.8) is 0 Å². The molecule has 5 nitrogen and oxygen atoms in total. The fourth-order valence-corrected chi connectivity index (χ4v) is 3.16. The molecule has 2 aromatic heterocycles. The molecule has 3 rings (SSSR count). The molecule has 2 aromatic rings.